The molecule has 1 heterocycles. The Balaban J connectivity index is 1.66. The molecular formula is C24H20O4. The minimum atomic E-state index is -0.203. The Bertz CT molecular complexity index is 1160. The second-order valence-electron chi connectivity index (χ2n) is 6.44. The van der Waals surface area contributed by atoms with Crippen molar-refractivity contribution < 1.29 is 13.9 Å². The van der Waals surface area contributed by atoms with E-state index in [-0.39, 0.29) is 11.2 Å². The molecule has 0 N–H and O–H groups in total. The summed E-state index contributed by atoms with van der Waals surface area (Å²) >= 11 is 0. The molecule has 0 spiro atoms. The van der Waals surface area contributed by atoms with Crippen molar-refractivity contribution >= 4 is 11.0 Å². The number of fused-ring (bicyclic) bond motifs is 1. The quantitative estimate of drug-likeness (QED) is 0.443. The molecule has 0 radical (unpaired) electrons. The average molecular weight is 372 g/mol. The van der Waals surface area contributed by atoms with E-state index in [1.54, 1.807) is 13.2 Å². The summed E-state index contributed by atoms with van der Waals surface area (Å²) in [7, 11) is 1.61. The Morgan fingerprint density at radius 1 is 0.893 bits per heavy atom. The Morgan fingerprint density at radius 3 is 2.29 bits per heavy atom. The standard InChI is InChI=1S/C24H20O4/c1-3-16-13-20-22(14-21(16)26-2)27-15-23(24(20)25)28-19-11-9-18(10-12-19)17-7-5-4-6-8-17/h4-15H,3H2,1-2H3. The van der Waals surface area contributed by atoms with Crippen molar-refractivity contribution in [1.82, 2.24) is 0 Å². The van der Waals surface area contributed by atoms with Gasteiger partial charge in [0.1, 0.15) is 23.3 Å². The van der Waals surface area contributed by atoms with Crippen molar-refractivity contribution in [2.24, 2.45) is 0 Å². The van der Waals surface area contributed by atoms with Crippen LogP contribution in [0.3, 0.4) is 0 Å². The lowest BCUT2D eigenvalue weighted by Gasteiger charge is -2.10. The fourth-order valence-electron chi connectivity index (χ4n) is 3.19. The van der Waals surface area contributed by atoms with Crippen LogP contribution in [-0.2, 0) is 6.42 Å². The molecule has 4 heteroatoms. The van der Waals surface area contributed by atoms with Crippen LogP contribution in [0.5, 0.6) is 17.2 Å². The summed E-state index contributed by atoms with van der Waals surface area (Å²) in [6.07, 6.45) is 2.10. The normalized spacial score (nSPS) is 10.8. The molecule has 4 rings (SSSR count). The fraction of sp³-hybridized carbons (Fsp3) is 0.125. The molecule has 0 amide bonds. The predicted molar refractivity (Wildman–Crippen MR) is 110 cm³/mol. The summed E-state index contributed by atoms with van der Waals surface area (Å²) in [5.74, 6) is 1.45. The lowest BCUT2D eigenvalue weighted by atomic mass is 10.1. The summed E-state index contributed by atoms with van der Waals surface area (Å²) in [5.41, 5.74) is 3.43. The molecule has 0 fully saturated rings. The first-order chi connectivity index (χ1) is 13.7. The Labute approximate surface area is 163 Å². The van der Waals surface area contributed by atoms with E-state index >= 15 is 0 Å². The topological polar surface area (TPSA) is 48.7 Å². The van der Waals surface area contributed by atoms with E-state index < -0.39 is 0 Å². The molecule has 28 heavy (non-hydrogen) atoms. The van der Waals surface area contributed by atoms with Gasteiger partial charge in [0, 0.05) is 6.07 Å². The van der Waals surface area contributed by atoms with Gasteiger partial charge < -0.3 is 13.9 Å². The van der Waals surface area contributed by atoms with Gasteiger partial charge in [-0.2, -0.15) is 0 Å². The highest BCUT2D eigenvalue weighted by Crippen LogP contribution is 2.28. The van der Waals surface area contributed by atoms with Crippen molar-refractivity contribution in [1.29, 1.82) is 0 Å². The van der Waals surface area contributed by atoms with Crippen molar-refractivity contribution in [3.63, 3.8) is 0 Å². The van der Waals surface area contributed by atoms with Crippen LogP contribution >= 0.6 is 0 Å². The number of hydrogen-bond donors (Lipinski definition) is 0. The molecule has 4 nitrogen and oxygen atoms in total. The minimum Gasteiger partial charge on any atom is -0.496 e. The molecule has 0 atom stereocenters. The van der Waals surface area contributed by atoms with Crippen molar-refractivity contribution in [2.45, 2.75) is 13.3 Å². The molecule has 0 bridgehead atoms. The molecular weight excluding hydrogens is 352 g/mol. The van der Waals surface area contributed by atoms with Crippen LogP contribution in [0.4, 0.5) is 0 Å². The molecule has 0 aliphatic carbocycles. The van der Waals surface area contributed by atoms with E-state index in [4.69, 9.17) is 13.9 Å². The Morgan fingerprint density at radius 2 is 1.61 bits per heavy atom. The van der Waals surface area contributed by atoms with Crippen LogP contribution in [0, 0.1) is 0 Å². The molecule has 1 aromatic heterocycles. The molecule has 0 aliphatic rings. The third-order valence-corrected chi connectivity index (χ3v) is 4.71. The number of ether oxygens (including phenoxy) is 2. The summed E-state index contributed by atoms with van der Waals surface area (Å²) < 4.78 is 16.8. The summed E-state index contributed by atoms with van der Waals surface area (Å²) in [6, 6.07) is 21.3. The summed E-state index contributed by atoms with van der Waals surface area (Å²) in [5, 5.41) is 0.482. The first-order valence-corrected chi connectivity index (χ1v) is 9.15. The van der Waals surface area contributed by atoms with Gasteiger partial charge in [0.25, 0.3) is 0 Å². The Hall–Kier alpha value is -3.53. The fourth-order valence-corrected chi connectivity index (χ4v) is 3.19. The van der Waals surface area contributed by atoms with Gasteiger partial charge in [0.2, 0.25) is 11.2 Å². The van der Waals surface area contributed by atoms with E-state index in [0.717, 1.165) is 23.1 Å². The van der Waals surface area contributed by atoms with Crippen LogP contribution in [0.2, 0.25) is 0 Å². The SMILES string of the molecule is CCc1cc2c(=O)c(Oc3ccc(-c4ccccc4)cc3)coc2cc1OC. The van der Waals surface area contributed by atoms with Crippen LogP contribution in [0.25, 0.3) is 22.1 Å². The molecule has 4 aromatic rings. The third-order valence-electron chi connectivity index (χ3n) is 4.71. The zero-order valence-electron chi connectivity index (χ0n) is 15.8. The van der Waals surface area contributed by atoms with Gasteiger partial charge in [0.05, 0.1) is 12.5 Å². The second-order valence-corrected chi connectivity index (χ2v) is 6.44. The number of hydrogen-bond acceptors (Lipinski definition) is 4. The zero-order chi connectivity index (χ0) is 19.5. The monoisotopic (exact) mass is 372 g/mol. The van der Waals surface area contributed by atoms with Crippen LogP contribution in [-0.4, -0.2) is 7.11 Å². The van der Waals surface area contributed by atoms with Crippen LogP contribution in [0.15, 0.2) is 82.2 Å². The highest BCUT2D eigenvalue weighted by molar-refractivity contribution is 5.80. The van der Waals surface area contributed by atoms with Gasteiger partial charge in [0.15, 0.2) is 0 Å². The van der Waals surface area contributed by atoms with E-state index in [9.17, 15) is 4.79 Å². The number of rotatable bonds is 5. The van der Waals surface area contributed by atoms with Crippen molar-refractivity contribution in [3.8, 4) is 28.4 Å². The van der Waals surface area contributed by atoms with E-state index in [2.05, 4.69) is 0 Å². The lowest BCUT2D eigenvalue weighted by Crippen LogP contribution is -2.06. The van der Waals surface area contributed by atoms with Crippen LogP contribution < -0.4 is 14.9 Å². The number of benzene rings is 3. The smallest absolute Gasteiger partial charge is 0.235 e. The van der Waals surface area contributed by atoms with Crippen molar-refractivity contribution in [3.05, 3.63) is 88.8 Å². The maximum atomic E-state index is 12.9. The highest BCUT2D eigenvalue weighted by atomic mass is 16.5. The first kappa shape index (κ1) is 17.9. The number of aryl methyl sites for hydroxylation is 1. The molecule has 0 unspecified atom stereocenters. The molecule has 140 valence electrons. The maximum Gasteiger partial charge on any atom is 0.235 e. The van der Waals surface area contributed by atoms with Gasteiger partial charge in [-0.3, -0.25) is 4.79 Å². The highest BCUT2D eigenvalue weighted by Gasteiger charge is 2.13. The van der Waals surface area contributed by atoms with Crippen LogP contribution in [0.1, 0.15) is 12.5 Å². The van der Waals surface area contributed by atoms with Gasteiger partial charge >= 0.3 is 0 Å². The maximum absolute atomic E-state index is 12.9. The molecule has 3 aromatic carbocycles. The summed E-state index contributed by atoms with van der Waals surface area (Å²) in [4.78, 5) is 12.9. The third kappa shape index (κ3) is 3.37. The average Bonchev–Trinajstić information content (AvgIpc) is 2.76. The van der Waals surface area contributed by atoms with Gasteiger partial charge in [-0.25, -0.2) is 0 Å². The second kappa shape index (κ2) is 7.61. The van der Waals surface area contributed by atoms with Crippen molar-refractivity contribution in [2.75, 3.05) is 7.11 Å². The minimum absolute atomic E-state index is 0.159. The Kier molecular flexibility index (Phi) is 4.85. The van der Waals surface area contributed by atoms with Gasteiger partial charge in [-0.05, 0) is 41.3 Å². The predicted octanol–water partition coefficient (Wildman–Crippen LogP) is 5.82. The molecule has 0 aliphatic heterocycles. The van der Waals surface area contributed by atoms with Gasteiger partial charge in [-0.15, -0.1) is 0 Å². The first-order valence-electron chi connectivity index (χ1n) is 9.15. The molecule has 0 saturated carbocycles. The van der Waals surface area contributed by atoms with Gasteiger partial charge in [-0.1, -0.05) is 49.4 Å². The molecule has 0 saturated heterocycles. The summed E-state index contributed by atoms with van der Waals surface area (Å²) in [6.45, 7) is 2.01. The van der Waals surface area contributed by atoms with E-state index in [0.29, 0.717) is 22.5 Å². The zero-order valence-corrected chi connectivity index (χ0v) is 15.8. The largest absolute Gasteiger partial charge is 0.496 e. The van der Waals surface area contributed by atoms with E-state index in [1.165, 1.54) is 6.26 Å². The van der Waals surface area contributed by atoms with E-state index in [1.807, 2.05) is 67.6 Å². The lowest BCUT2D eigenvalue weighted by molar-refractivity contribution is 0.409. The number of methoxy groups -OCH3 is 1.